The lowest BCUT2D eigenvalue weighted by atomic mass is 10.0. The van der Waals surface area contributed by atoms with Crippen molar-refractivity contribution in [1.29, 1.82) is 0 Å². The molecule has 1 aromatic carbocycles. The van der Waals surface area contributed by atoms with Gasteiger partial charge in [-0.15, -0.1) is 0 Å². The number of esters is 1. The van der Waals surface area contributed by atoms with Gasteiger partial charge in [0.1, 0.15) is 6.61 Å². The maximum Gasteiger partial charge on any atom is 0.338 e. The molecule has 0 aliphatic rings. The fourth-order valence-corrected chi connectivity index (χ4v) is 2.42. The molecule has 0 aliphatic carbocycles. The van der Waals surface area contributed by atoms with E-state index in [9.17, 15) is 9.59 Å². The Morgan fingerprint density at radius 1 is 1.04 bits per heavy atom. The van der Waals surface area contributed by atoms with Crippen molar-refractivity contribution in [3.8, 4) is 0 Å². The van der Waals surface area contributed by atoms with E-state index in [4.69, 9.17) is 4.74 Å². The Bertz CT molecular complexity index is 783. The van der Waals surface area contributed by atoms with Crippen LogP contribution in [0.3, 0.4) is 0 Å². The molecule has 1 amide bonds. The topological polar surface area (TPSA) is 68.3 Å². The highest BCUT2D eigenvalue weighted by molar-refractivity contribution is 5.94. The second-order valence-corrected chi connectivity index (χ2v) is 6.90. The summed E-state index contributed by atoms with van der Waals surface area (Å²) < 4.78 is 5.44. The molecule has 2 rings (SSSR count). The molecule has 0 unspecified atom stereocenters. The zero-order valence-electron chi connectivity index (χ0n) is 15.3. The maximum absolute atomic E-state index is 12.4. The minimum atomic E-state index is -0.691. The molecule has 0 radical (unpaired) electrons. The molecule has 5 nitrogen and oxygen atoms in total. The predicted molar refractivity (Wildman–Crippen MR) is 96.7 cm³/mol. The van der Waals surface area contributed by atoms with Gasteiger partial charge in [-0.25, -0.2) is 4.79 Å². The molecular formula is C20H24N2O3. The first-order valence-electron chi connectivity index (χ1n) is 8.17. The Balaban J connectivity index is 2.00. The van der Waals surface area contributed by atoms with E-state index in [-0.39, 0.29) is 18.5 Å². The molecule has 1 heterocycles. The first-order chi connectivity index (χ1) is 11.7. The fraction of sp³-hybridized carbons (Fsp3) is 0.350. The molecule has 0 saturated carbocycles. The molecule has 1 N–H and O–H groups in total. The van der Waals surface area contributed by atoms with Crippen LogP contribution in [0, 0.1) is 20.8 Å². The van der Waals surface area contributed by atoms with E-state index >= 15 is 0 Å². The van der Waals surface area contributed by atoms with Gasteiger partial charge < -0.3 is 10.1 Å². The zero-order chi connectivity index (χ0) is 18.6. The van der Waals surface area contributed by atoms with Gasteiger partial charge in [0.15, 0.2) is 0 Å². The summed E-state index contributed by atoms with van der Waals surface area (Å²) in [6.45, 7) is 9.56. The predicted octanol–water partition coefficient (Wildman–Crippen LogP) is 3.37. The van der Waals surface area contributed by atoms with Crippen LogP contribution in [0.4, 0.5) is 0 Å². The third-order valence-electron chi connectivity index (χ3n) is 4.02. The van der Waals surface area contributed by atoms with E-state index < -0.39 is 5.54 Å². The van der Waals surface area contributed by atoms with Crippen molar-refractivity contribution < 1.29 is 14.3 Å². The third kappa shape index (κ3) is 4.89. The summed E-state index contributed by atoms with van der Waals surface area (Å²) in [7, 11) is 0. The van der Waals surface area contributed by atoms with Crippen LogP contribution in [0.2, 0.25) is 0 Å². The summed E-state index contributed by atoms with van der Waals surface area (Å²) in [6, 6.07) is 7.09. The number of rotatable bonds is 5. The number of carbonyl (C=O) groups excluding carboxylic acids is 2. The highest BCUT2D eigenvalue weighted by Crippen LogP contribution is 2.17. The summed E-state index contributed by atoms with van der Waals surface area (Å²) in [4.78, 5) is 28.5. The minimum absolute atomic E-state index is 0.0784. The molecule has 2 aromatic rings. The number of hydrogen-bond acceptors (Lipinski definition) is 4. The largest absolute Gasteiger partial charge is 0.460 e. The van der Waals surface area contributed by atoms with Crippen LogP contribution >= 0.6 is 0 Å². The van der Waals surface area contributed by atoms with Crippen LogP contribution in [0.25, 0.3) is 0 Å². The molecule has 25 heavy (non-hydrogen) atoms. The first kappa shape index (κ1) is 18.6. The van der Waals surface area contributed by atoms with Gasteiger partial charge in [0, 0.05) is 18.0 Å². The van der Waals surface area contributed by atoms with E-state index in [1.807, 2.05) is 46.8 Å². The third-order valence-corrected chi connectivity index (χ3v) is 4.02. The molecule has 0 spiro atoms. The molecule has 0 atom stereocenters. The zero-order valence-corrected chi connectivity index (χ0v) is 15.3. The van der Waals surface area contributed by atoms with Crippen LogP contribution in [-0.2, 0) is 4.74 Å². The number of amides is 1. The number of pyridine rings is 1. The van der Waals surface area contributed by atoms with E-state index in [0.717, 1.165) is 16.7 Å². The molecule has 132 valence electrons. The number of nitrogens with zero attached hydrogens (tertiary/aromatic N) is 1. The lowest BCUT2D eigenvalue weighted by molar-refractivity contribution is 0.0389. The van der Waals surface area contributed by atoms with Gasteiger partial charge in [-0.05, 0) is 69.5 Å². The SMILES string of the molecule is Cc1cc(C)c(C(=O)OCC(C)(C)NC(=O)c2ccncc2)cc1C. The van der Waals surface area contributed by atoms with Crippen molar-refractivity contribution in [3.63, 3.8) is 0 Å². The lowest BCUT2D eigenvalue weighted by Crippen LogP contribution is -2.47. The number of aromatic nitrogens is 1. The quantitative estimate of drug-likeness (QED) is 0.847. The van der Waals surface area contributed by atoms with E-state index in [0.29, 0.717) is 11.1 Å². The fourth-order valence-electron chi connectivity index (χ4n) is 2.42. The van der Waals surface area contributed by atoms with Gasteiger partial charge in [-0.1, -0.05) is 6.07 Å². The number of hydrogen-bond donors (Lipinski definition) is 1. The number of ether oxygens (including phenoxy) is 1. The van der Waals surface area contributed by atoms with Crippen LogP contribution in [0.1, 0.15) is 51.3 Å². The second kappa shape index (κ2) is 7.47. The average Bonchev–Trinajstić information content (AvgIpc) is 2.56. The number of carbonyl (C=O) groups is 2. The molecule has 5 heteroatoms. The molecular weight excluding hydrogens is 316 g/mol. The molecule has 0 saturated heterocycles. The van der Waals surface area contributed by atoms with Crippen molar-refractivity contribution in [3.05, 3.63) is 64.5 Å². The Hall–Kier alpha value is -2.69. The number of nitrogens with one attached hydrogen (secondary N) is 1. The van der Waals surface area contributed by atoms with Crippen LogP contribution in [0.15, 0.2) is 36.7 Å². The van der Waals surface area contributed by atoms with Crippen molar-refractivity contribution in [1.82, 2.24) is 10.3 Å². The van der Waals surface area contributed by atoms with Crippen LogP contribution < -0.4 is 5.32 Å². The highest BCUT2D eigenvalue weighted by atomic mass is 16.5. The van der Waals surface area contributed by atoms with Crippen LogP contribution in [0.5, 0.6) is 0 Å². The lowest BCUT2D eigenvalue weighted by Gasteiger charge is -2.26. The Morgan fingerprint density at radius 3 is 2.28 bits per heavy atom. The Morgan fingerprint density at radius 2 is 1.64 bits per heavy atom. The maximum atomic E-state index is 12.4. The summed E-state index contributed by atoms with van der Waals surface area (Å²) in [6.07, 6.45) is 3.12. The summed E-state index contributed by atoms with van der Waals surface area (Å²) in [5, 5.41) is 2.87. The van der Waals surface area contributed by atoms with Gasteiger partial charge in [0.2, 0.25) is 0 Å². The van der Waals surface area contributed by atoms with Gasteiger partial charge in [-0.3, -0.25) is 9.78 Å². The van der Waals surface area contributed by atoms with E-state index in [1.54, 1.807) is 24.5 Å². The Labute approximate surface area is 148 Å². The molecule has 0 bridgehead atoms. The van der Waals surface area contributed by atoms with E-state index in [1.165, 1.54) is 0 Å². The highest BCUT2D eigenvalue weighted by Gasteiger charge is 2.24. The smallest absolute Gasteiger partial charge is 0.338 e. The number of benzene rings is 1. The second-order valence-electron chi connectivity index (χ2n) is 6.90. The standard InChI is InChI=1S/C20H24N2O3/c1-13-10-15(3)17(11-14(13)2)19(24)25-12-20(4,5)22-18(23)16-6-8-21-9-7-16/h6-11H,12H2,1-5H3,(H,22,23). The van der Waals surface area contributed by atoms with Crippen molar-refractivity contribution in [2.24, 2.45) is 0 Å². The van der Waals surface area contributed by atoms with Gasteiger partial charge in [0.05, 0.1) is 11.1 Å². The van der Waals surface area contributed by atoms with Crippen LogP contribution in [-0.4, -0.2) is 29.0 Å². The Kier molecular flexibility index (Phi) is 5.57. The molecule has 1 aromatic heterocycles. The summed E-state index contributed by atoms with van der Waals surface area (Å²) in [5.41, 5.74) is 3.44. The minimum Gasteiger partial charge on any atom is -0.460 e. The van der Waals surface area contributed by atoms with Crippen molar-refractivity contribution >= 4 is 11.9 Å². The first-order valence-corrected chi connectivity index (χ1v) is 8.17. The molecule has 0 aliphatic heterocycles. The molecule has 0 fully saturated rings. The van der Waals surface area contributed by atoms with Crippen molar-refractivity contribution in [2.45, 2.75) is 40.2 Å². The van der Waals surface area contributed by atoms with Gasteiger partial charge in [0.25, 0.3) is 5.91 Å². The monoisotopic (exact) mass is 340 g/mol. The number of aryl methyl sites for hydroxylation is 3. The van der Waals surface area contributed by atoms with E-state index in [2.05, 4.69) is 10.3 Å². The summed E-state index contributed by atoms with van der Waals surface area (Å²) in [5.74, 6) is -0.613. The van der Waals surface area contributed by atoms with Gasteiger partial charge >= 0.3 is 5.97 Å². The average molecular weight is 340 g/mol. The van der Waals surface area contributed by atoms with Crippen molar-refractivity contribution in [2.75, 3.05) is 6.61 Å². The van der Waals surface area contributed by atoms with Gasteiger partial charge in [-0.2, -0.15) is 0 Å². The normalized spacial score (nSPS) is 11.1. The summed E-state index contributed by atoms with van der Waals surface area (Å²) >= 11 is 0.